The molecule has 0 spiro atoms. The van der Waals surface area contributed by atoms with E-state index in [9.17, 15) is 14.4 Å². The van der Waals surface area contributed by atoms with Crippen molar-refractivity contribution < 1.29 is 19.1 Å². The van der Waals surface area contributed by atoms with Crippen molar-refractivity contribution in [2.75, 3.05) is 25.0 Å². The summed E-state index contributed by atoms with van der Waals surface area (Å²) in [7, 11) is 1.50. The second-order valence-electron chi connectivity index (χ2n) is 5.88. The molecule has 1 aliphatic heterocycles. The summed E-state index contributed by atoms with van der Waals surface area (Å²) in [6, 6.07) is 13.3. The number of hydrogen-bond acceptors (Lipinski definition) is 4. The van der Waals surface area contributed by atoms with Crippen LogP contribution in [-0.2, 0) is 9.59 Å². The number of benzene rings is 2. The summed E-state index contributed by atoms with van der Waals surface area (Å²) in [5.41, 5.74) is 0.959. The number of para-hydroxylation sites is 2. The number of anilines is 1. The molecule has 0 bridgehead atoms. The highest BCUT2D eigenvalue weighted by Crippen LogP contribution is 2.33. The maximum atomic E-state index is 12.7. The molecule has 0 unspecified atom stereocenters. The lowest BCUT2D eigenvalue weighted by molar-refractivity contribution is -0.127. The number of nitrogens with one attached hydrogen (secondary N) is 2. The quantitative estimate of drug-likeness (QED) is 0.834. The third kappa shape index (κ3) is 4.20. The molecule has 1 atom stereocenters. The van der Waals surface area contributed by atoms with Crippen molar-refractivity contribution in [3.05, 3.63) is 59.1 Å². The van der Waals surface area contributed by atoms with Crippen LogP contribution >= 0.6 is 11.6 Å². The van der Waals surface area contributed by atoms with Crippen LogP contribution in [0.25, 0.3) is 0 Å². The second kappa shape index (κ2) is 8.09. The molecular formula is C19H18ClN3O4. The van der Waals surface area contributed by atoms with Gasteiger partial charge in [0.25, 0.3) is 11.8 Å². The minimum atomic E-state index is -0.819. The molecule has 0 radical (unpaired) electrons. The Balaban J connectivity index is 1.72. The smallest absolute Gasteiger partial charge is 0.262 e. The maximum absolute atomic E-state index is 12.7. The van der Waals surface area contributed by atoms with Gasteiger partial charge < -0.3 is 20.3 Å². The van der Waals surface area contributed by atoms with Gasteiger partial charge in [-0.1, -0.05) is 23.7 Å². The summed E-state index contributed by atoms with van der Waals surface area (Å²) in [4.78, 5) is 38.3. The van der Waals surface area contributed by atoms with Gasteiger partial charge in [0.05, 0.1) is 18.8 Å². The SMILES string of the molecule is CNC(=O)[C@@H]1CN(C(=O)CNC(=O)c2ccc(Cl)cc2)c2ccccc2O1. The highest BCUT2D eigenvalue weighted by Gasteiger charge is 2.33. The summed E-state index contributed by atoms with van der Waals surface area (Å²) in [6.07, 6.45) is -0.819. The Hall–Kier alpha value is -3.06. The number of amides is 3. The molecular weight excluding hydrogens is 370 g/mol. The molecule has 0 saturated carbocycles. The normalized spacial score (nSPS) is 15.3. The standard InChI is InChI=1S/C19H18ClN3O4/c1-21-19(26)16-11-23(14-4-2-3-5-15(14)27-16)17(24)10-22-18(25)12-6-8-13(20)9-7-12/h2-9,16H,10-11H2,1H3,(H,21,26)(H,22,25)/t16-/m0/s1. The Morgan fingerprint density at radius 3 is 2.56 bits per heavy atom. The van der Waals surface area contributed by atoms with Crippen LogP contribution < -0.4 is 20.3 Å². The molecule has 2 N–H and O–H groups in total. The van der Waals surface area contributed by atoms with E-state index in [1.54, 1.807) is 48.5 Å². The minimum absolute atomic E-state index is 0.0618. The number of rotatable bonds is 4. The maximum Gasteiger partial charge on any atom is 0.262 e. The summed E-state index contributed by atoms with van der Waals surface area (Å²) in [6.45, 7) is -0.150. The third-order valence-corrected chi connectivity index (χ3v) is 4.37. The zero-order valence-electron chi connectivity index (χ0n) is 14.6. The molecule has 27 heavy (non-hydrogen) atoms. The van der Waals surface area contributed by atoms with Gasteiger partial charge in [-0.2, -0.15) is 0 Å². The summed E-state index contributed by atoms with van der Waals surface area (Å²) in [5.74, 6) is -0.617. The molecule has 3 rings (SSSR count). The van der Waals surface area contributed by atoms with Crippen molar-refractivity contribution in [3.8, 4) is 5.75 Å². The van der Waals surface area contributed by atoms with Crippen molar-refractivity contribution in [1.82, 2.24) is 10.6 Å². The Morgan fingerprint density at radius 2 is 1.85 bits per heavy atom. The Morgan fingerprint density at radius 1 is 1.15 bits per heavy atom. The molecule has 0 fully saturated rings. The largest absolute Gasteiger partial charge is 0.477 e. The van der Waals surface area contributed by atoms with Crippen molar-refractivity contribution in [2.24, 2.45) is 0 Å². The first-order valence-corrected chi connectivity index (χ1v) is 8.69. The molecule has 140 valence electrons. The first kappa shape index (κ1) is 18.7. The van der Waals surface area contributed by atoms with Gasteiger partial charge in [-0.3, -0.25) is 14.4 Å². The van der Waals surface area contributed by atoms with E-state index in [-0.39, 0.29) is 30.8 Å². The second-order valence-corrected chi connectivity index (χ2v) is 6.32. The summed E-state index contributed by atoms with van der Waals surface area (Å²) >= 11 is 5.81. The van der Waals surface area contributed by atoms with Crippen LogP contribution in [0.4, 0.5) is 5.69 Å². The molecule has 0 saturated heterocycles. The van der Waals surface area contributed by atoms with E-state index in [0.717, 1.165) is 0 Å². The molecule has 2 aromatic rings. The number of fused-ring (bicyclic) bond motifs is 1. The zero-order chi connectivity index (χ0) is 19.4. The van der Waals surface area contributed by atoms with Gasteiger partial charge in [0.1, 0.15) is 5.75 Å². The molecule has 7 nitrogen and oxygen atoms in total. The van der Waals surface area contributed by atoms with E-state index < -0.39 is 6.10 Å². The monoisotopic (exact) mass is 387 g/mol. The van der Waals surface area contributed by atoms with Gasteiger partial charge >= 0.3 is 0 Å². The highest BCUT2D eigenvalue weighted by atomic mass is 35.5. The van der Waals surface area contributed by atoms with Gasteiger partial charge in [0.2, 0.25) is 5.91 Å². The number of halogens is 1. The molecule has 1 aliphatic rings. The van der Waals surface area contributed by atoms with E-state index in [2.05, 4.69) is 10.6 Å². The van der Waals surface area contributed by atoms with E-state index in [1.165, 1.54) is 11.9 Å². The van der Waals surface area contributed by atoms with Crippen molar-refractivity contribution in [3.63, 3.8) is 0 Å². The minimum Gasteiger partial charge on any atom is -0.477 e. The van der Waals surface area contributed by atoms with Gasteiger partial charge in [-0.05, 0) is 36.4 Å². The van der Waals surface area contributed by atoms with Crippen LogP contribution in [0.5, 0.6) is 5.75 Å². The molecule has 2 aromatic carbocycles. The van der Waals surface area contributed by atoms with Crippen LogP contribution in [0, 0.1) is 0 Å². The Kier molecular flexibility index (Phi) is 5.61. The molecule has 3 amide bonds. The van der Waals surface area contributed by atoms with Crippen LogP contribution in [0.1, 0.15) is 10.4 Å². The van der Waals surface area contributed by atoms with Gasteiger partial charge in [0.15, 0.2) is 6.10 Å². The van der Waals surface area contributed by atoms with Crippen LogP contribution in [0.15, 0.2) is 48.5 Å². The van der Waals surface area contributed by atoms with Crippen LogP contribution in [0.2, 0.25) is 5.02 Å². The zero-order valence-corrected chi connectivity index (χ0v) is 15.3. The molecule has 1 heterocycles. The number of ether oxygens (including phenoxy) is 1. The predicted octanol–water partition coefficient (Wildman–Crippen LogP) is 1.61. The van der Waals surface area contributed by atoms with Crippen LogP contribution in [0.3, 0.4) is 0 Å². The fraction of sp³-hybridized carbons (Fsp3) is 0.211. The van der Waals surface area contributed by atoms with E-state index in [1.807, 2.05) is 0 Å². The first-order chi connectivity index (χ1) is 13.0. The lowest BCUT2D eigenvalue weighted by Crippen LogP contribution is -2.52. The average molecular weight is 388 g/mol. The first-order valence-electron chi connectivity index (χ1n) is 8.31. The van der Waals surface area contributed by atoms with E-state index >= 15 is 0 Å². The van der Waals surface area contributed by atoms with Crippen LogP contribution in [-0.4, -0.2) is 44.0 Å². The molecule has 8 heteroatoms. The fourth-order valence-corrected chi connectivity index (χ4v) is 2.85. The predicted molar refractivity (Wildman–Crippen MR) is 101 cm³/mol. The summed E-state index contributed by atoms with van der Waals surface area (Å²) in [5, 5.41) is 5.63. The fourth-order valence-electron chi connectivity index (χ4n) is 2.72. The highest BCUT2D eigenvalue weighted by molar-refractivity contribution is 6.30. The number of hydrogen-bond donors (Lipinski definition) is 2. The van der Waals surface area contributed by atoms with Gasteiger partial charge in [0, 0.05) is 17.6 Å². The topological polar surface area (TPSA) is 87.7 Å². The Labute approximate surface area is 161 Å². The van der Waals surface area contributed by atoms with Crippen molar-refractivity contribution in [2.45, 2.75) is 6.10 Å². The summed E-state index contributed by atoms with van der Waals surface area (Å²) < 4.78 is 5.67. The molecule has 0 aromatic heterocycles. The van der Waals surface area contributed by atoms with Gasteiger partial charge in [-0.25, -0.2) is 0 Å². The number of carbonyl (C=O) groups is 3. The van der Waals surface area contributed by atoms with E-state index in [0.29, 0.717) is 22.0 Å². The average Bonchev–Trinajstić information content (AvgIpc) is 2.70. The molecule has 0 aliphatic carbocycles. The van der Waals surface area contributed by atoms with Crippen molar-refractivity contribution >= 4 is 35.0 Å². The number of nitrogens with zero attached hydrogens (tertiary/aromatic N) is 1. The lowest BCUT2D eigenvalue weighted by Gasteiger charge is -2.34. The number of likely N-dealkylation sites (N-methyl/N-ethyl adjacent to an activating group) is 1. The third-order valence-electron chi connectivity index (χ3n) is 4.12. The van der Waals surface area contributed by atoms with Gasteiger partial charge in [-0.15, -0.1) is 0 Å². The van der Waals surface area contributed by atoms with Crippen molar-refractivity contribution in [1.29, 1.82) is 0 Å². The number of carbonyl (C=O) groups excluding carboxylic acids is 3. The Bertz CT molecular complexity index is 870. The van der Waals surface area contributed by atoms with E-state index in [4.69, 9.17) is 16.3 Å². The lowest BCUT2D eigenvalue weighted by atomic mass is 10.1.